The molecule has 0 aliphatic heterocycles. The van der Waals surface area contributed by atoms with E-state index >= 15 is 0 Å². The van der Waals surface area contributed by atoms with Gasteiger partial charge in [-0.05, 0) is 81.6 Å². The van der Waals surface area contributed by atoms with Crippen molar-refractivity contribution >= 4 is 34.0 Å². The molecule has 0 amide bonds. The molecule has 198 valence electrons. The Morgan fingerprint density at radius 2 is 1.97 bits per heavy atom. The van der Waals surface area contributed by atoms with Crippen LogP contribution in [0.4, 0.5) is 10.1 Å². The van der Waals surface area contributed by atoms with Gasteiger partial charge in [-0.15, -0.1) is 0 Å². The summed E-state index contributed by atoms with van der Waals surface area (Å²) in [4.78, 5) is 19.8. The van der Waals surface area contributed by atoms with Gasteiger partial charge in [0.25, 0.3) is 0 Å². The molecular formula is C29H35ClFN3O3. The Labute approximate surface area is 222 Å². The number of aromatic hydroxyl groups is 1. The minimum atomic E-state index is -0.795. The molecule has 2 N–H and O–H groups in total. The van der Waals surface area contributed by atoms with Gasteiger partial charge in [-0.25, -0.2) is 4.39 Å². The normalized spacial score (nSPS) is 19.9. The van der Waals surface area contributed by atoms with E-state index in [2.05, 4.69) is 29.0 Å². The van der Waals surface area contributed by atoms with Crippen LogP contribution < -0.4 is 5.32 Å². The zero-order valence-corrected chi connectivity index (χ0v) is 22.7. The second-order valence-electron chi connectivity index (χ2n) is 9.55. The zero-order chi connectivity index (χ0) is 26.7. The number of halogens is 2. The van der Waals surface area contributed by atoms with E-state index in [1.807, 2.05) is 25.1 Å². The molecule has 1 aliphatic carbocycles. The van der Waals surface area contributed by atoms with Gasteiger partial charge in [0.15, 0.2) is 23.1 Å². The predicted octanol–water partition coefficient (Wildman–Crippen LogP) is 7.03. The highest BCUT2D eigenvalue weighted by Crippen LogP contribution is 2.40. The number of phenolic OH excluding ortho intramolecular Hbond substituents is 1. The summed E-state index contributed by atoms with van der Waals surface area (Å²) in [6.45, 7) is 10.2. The number of ketones is 1. The van der Waals surface area contributed by atoms with Gasteiger partial charge >= 0.3 is 0 Å². The maximum Gasteiger partial charge on any atom is 0.170 e. The van der Waals surface area contributed by atoms with E-state index in [1.165, 1.54) is 19.1 Å². The van der Waals surface area contributed by atoms with Crippen molar-refractivity contribution < 1.29 is 19.0 Å². The van der Waals surface area contributed by atoms with Gasteiger partial charge in [-0.2, -0.15) is 0 Å². The molecule has 2 unspecified atom stereocenters. The van der Waals surface area contributed by atoms with Crippen LogP contribution >= 0.6 is 11.6 Å². The summed E-state index contributed by atoms with van der Waals surface area (Å²) < 4.78 is 20.8. The number of carbonyl (C=O) groups excluding carboxylic acids is 1. The molecule has 6 nitrogen and oxygen atoms in total. The Kier molecular flexibility index (Phi) is 8.36. The SMILES string of the molecule is CCOC1(Nc2c(C(C)=O)cnc3ccc(-c4cc(F)c(O)c(Cl)c4)cc23)CCCCC1N(CC)CC. The molecule has 1 fully saturated rings. The quantitative estimate of drug-likeness (QED) is 0.230. The summed E-state index contributed by atoms with van der Waals surface area (Å²) in [5, 5.41) is 14.2. The standard InChI is InChI=1S/C29H35ClFN3O3/c1-5-34(6-2)26-10-8-9-13-29(26,37-7-3)33-27-21-14-19(20-15-23(30)28(36)24(31)16-20)11-12-25(21)32-17-22(27)18(4)35/h11-12,14-17,26,36H,5-10,13H2,1-4H3,(H,32,33). The van der Waals surface area contributed by atoms with Crippen LogP contribution in [0.2, 0.25) is 5.02 Å². The van der Waals surface area contributed by atoms with Gasteiger partial charge in [-0.3, -0.25) is 14.7 Å². The third kappa shape index (κ3) is 5.31. The summed E-state index contributed by atoms with van der Waals surface area (Å²) in [5.74, 6) is -1.48. The third-order valence-corrected chi connectivity index (χ3v) is 7.69. The van der Waals surface area contributed by atoms with Crippen LogP contribution in [0.1, 0.15) is 63.7 Å². The van der Waals surface area contributed by atoms with Gasteiger partial charge < -0.3 is 15.2 Å². The van der Waals surface area contributed by atoms with Crippen LogP contribution in [0.3, 0.4) is 0 Å². The van der Waals surface area contributed by atoms with Crippen molar-refractivity contribution in [2.24, 2.45) is 0 Å². The number of fused-ring (bicyclic) bond motifs is 1. The van der Waals surface area contributed by atoms with Crippen LogP contribution in [-0.2, 0) is 4.74 Å². The lowest BCUT2D eigenvalue weighted by Crippen LogP contribution is -2.60. The number of rotatable bonds is 9. The fourth-order valence-corrected chi connectivity index (χ4v) is 5.80. The van der Waals surface area contributed by atoms with E-state index in [1.54, 1.807) is 6.20 Å². The second-order valence-corrected chi connectivity index (χ2v) is 9.96. The maximum atomic E-state index is 14.3. The molecule has 2 aromatic carbocycles. The van der Waals surface area contributed by atoms with E-state index < -0.39 is 17.3 Å². The van der Waals surface area contributed by atoms with Crippen LogP contribution in [0.25, 0.3) is 22.0 Å². The number of ether oxygens (including phenoxy) is 1. The second kappa shape index (κ2) is 11.3. The van der Waals surface area contributed by atoms with E-state index in [0.717, 1.165) is 44.2 Å². The van der Waals surface area contributed by atoms with Crippen LogP contribution in [0, 0.1) is 5.82 Å². The molecule has 0 bridgehead atoms. The van der Waals surface area contributed by atoms with Crippen molar-refractivity contribution in [3.63, 3.8) is 0 Å². The monoisotopic (exact) mass is 527 g/mol. The Morgan fingerprint density at radius 3 is 2.62 bits per heavy atom. The van der Waals surface area contributed by atoms with Gasteiger partial charge in [0.1, 0.15) is 0 Å². The number of carbonyl (C=O) groups is 1. The first kappa shape index (κ1) is 27.3. The number of anilines is 1. The molecule has 2 atom stereocenters. The van der Waals surface area contributed by atoms with Crippen molar-refractivity contribution in [1.29, 1.82) is 0 Å². The first-order valence-corrected chi connectivity index (χ1v) is 13.4. The van der Waals surface area contributed by atoms with E-state index in [9.17, 15) is 14.3 Å². The topological polar surface area (TPSA) is 74.7 Å². The minimum absolute atomic E-state index is 0.0661. The molecule has 1 saturated carbocycles. The first-order valence-electron chi connectivity index (χ1n) is 13.0. The first-order chi connectivity index (χ1) is 17.7. The number of hydrogen-bond donors (Lipinski definition) is 2. The Bertz CT molecular complexity index is 1270. The molecule has 0 saturated heterocycles. The molecule has 0 spiro atoms. The molecule has 8 heteroatoms. The largest absolute Gasteiger partial charge is 0.504 e. The van der Waals surface area contributed by atoms with Gasteiger partial charge in [0.05, 0.1) is 27.8 Å². The summed E-state index contributed by atoms with van der Waals surface area (Å²) >= 11 is 6.06. The predicted molar refractivity (Wildman–Crippen MR) is 147 cm³/mol. The Morgan fingerprint density at radius 1 is 1.22 bits per heavy atom. The van der Waals surface area contributed by atoms with Crippen LogP contribution in [0.5, 0.6) is 5.75 Å². The highest BCUT2D eigenvalue weighted by Gasteiger charge is 2.44. The number of benzene rings is 2. The molecule has 4 rings (SSSR count). The van der Waals surface area contributed by atoms with Crippen molar-refractivity contribution in [3.8, 4) is 16.9 Å². The summed E-state index contributed by atoms with van der Waals surface area (Å²) in [7, 11) is 0. The smallest absolute Gasteiger partial charge is 0.170 e. The molecule has 1 heterocycles. The number of nitrogens with one attached hydrogen (secondary N) is 1. The summed E-state index contributed by atoms with van der Waals surface area (Å²) in [6, 6.07) is 8.45. The number of Topliss-reactive ketones (excluding diaryl/α,β-unsaturated/α-hetero) is 1. The molecular weight excluding hydrogens is 493 g/mol. The third-order valence-electron chi connectivity index (χ3n) is 7.40. The number of pyridine rings is 1. The van der Waals surface area contributed by atoms with Gasteiger partial charge in [-0.1, -0.05) is 37.9 Å². The summed E-state index contributed by atoms with van der Waals surface area (Å²) in [6.07, 6.45) is 5.54. The van der Waals surface area contributed by atoms with Crippen molar-refractivity contribution in [1.82, 2.24) is 9.88 Å². The van der Waals surface area contributed by atoms with E-state index in [0.29, 0.717) is 34.5 Å². The fraction of sp³-hybridized carbons (Fsp3) is 0.448. The van der Waals surface area contributed by atoms with Gasteiger partial charge in [0.2, 0.25) is 0 Å². The number of aromatic nitrogens is 1. The van der Waals surface area contributed by atoms with Gasteiger partial charge in [0, 0.05) is 18.2 Å². The van der Waals surface area contributed by atoms with Crippen LogP contribution in [-0.4, -0.2) is 52.2 Å². The zero-order valence-electron chi connectivity index (χ0n) is 21.9. The average molecular weight is 528 g/mol. The lowest BCUT2D eigenvalue weighted by Gasteiger charge is -2.49. The lowest BCUT2D eigenvalue weighted by atomic mass is 9.84. The molecule has 1 aromatic heterocycles. The molecule has 3 aromatic rings. The molecule has 1 aliphatic rings. The number of phenols is 1. The van der Waals surface area contributed by atoms with E-state index in [-0.39, 0.29) is 16.8 Å². The number of likely N-dealkylation sites (N-methyl/N-ethyl adjacent to an activating group) is 1. The maximum absolute atomic E-state index is 14.3. The highest BCUT2D eigenvalue weighted by molar-refractivity contribution is 6.32. The fourth-order valence-electron chi connectivity index (χ4n) is 5.59. The molecule has 0 radical (unpaired) electrons. The van der Waals surface area contributed by atoms with E-state index in [4.69, 9.17) is 16.3 Å². The van der Waals surface area contributed by atoms with Crippen molar-refractivity contribution in [2.75, 3.05) is 25.0 Å². The average Bonchev–Trinajstić information content (AvgIpc) is 2.88. The molecule has 37 heavy (non-hydrogen) atoms. The minimum Gasteiger partial charge on any atom is -0.504 e. The Balaban J connectivity index is 1.91. The van der Waals surface area contributed by atoms with Crippen molar-refractivity contribution in [2.45, 2.75) is 65.1 Å². The van der Waals surface area contributed by atoms with Crippen LogP contribution in [0.15, 0.2) is 36.5 Å². The number of nitrogens with zero attached hydrogens (tertiary/aromatic N) is 2. The van der Waals surface area contributed by atoms with Crippen molar-refractivity contribution in [3.05, 3.63) is 52.9 Å². The number of hydrogen-bond acceptors (Lipinski definition) is 6. The summed E-state index contributed by atoms with van der Waals surface area (Å²) in [5.41, 5.74) is 2.36. The Hall–Kier alpha value is -2.74. The highest BCUT2D eigenvalue weighted by atomic mass is 35.5. The lowest BCUT2D eigenvalue weighted by molar-refractivity contribution is -0.0987.